The molecule has 0 atom stereocenters. The Morgan fingerprint density at radius 1 is 1.30 bits per heavy atom. The first-order valence-corrected chi connectivity index (χ1v) is 7.45. The lowest BCUT2D eigenvalue weighted by Gasteiger charge is -2.14. The number of nitrogens with zero attached hydrogens (tertiary/aromatic N) is 1. The molecule has 0 aliphatic carbocycles. The Morgan fingerprint density at radius 3 is 2.70 bits per heavy atom. The van der Waals surface area contributed by atoms with Gasteiger partial charge in [0.25, 0.3) is 0 Å². The quantitative estimate of drug-likeness (QED) is 0.756. The second-order valence-electron chi connectivity index (χ2n) is 4.24. The molecule has 0 radical (unpaired) electrons. The third kappa shape index (κ3) is 3.57. The Bertz CT molecular complexity index is 612. The highest BCUT2D eigenvalue weighted by molar-refractivity contribution is 9.10. The standard InChI is InChI=1S/C14H13BrCl2N2O/c1-8-5-12(16)19-14(17)13(8)18-7-9-6-10(15)3-4-11(9)20-2/h3-6,18H,7H2,1-2H3. The van der Waals surface area contributed by atoms with Crippen LogP contribution in [0.3, 0.4) is 0 Å². The van der Waals surface area contributed by atoms with Gasteiger partial charge >= 0.3 is 0 Å². The van der Waals surface area contributed by atoms with Crippen molar-refractivity contribution in [3.05, 3.63) is 50.2 Å². The molecule has 1 aromatic carbocycles. The van der Waals surface area contributed by atoms with Gasteiger partial charge in [0.15, 0.2) is 5.15 Å². The molecule has 1 aromatic heterocycles. The van der Waals surface area contributed by atoms with E-state index in [0.717, 1.165) is 27.0 Å². The molecule has 0 unspecified atom stereocenters. The van der Waals surface area contributed by atoms with Crippen LogP contribution in [0.4, 0.5) is 5.69 Å². The van der Waals surface area contributed by atoms with Gasteiger partial charge in [-0.05, 0) is 36.8 Å². The van der Waals surface area contributed by atoms with Gasteiger partial charge in [0, 0.05) is 16.6 Å². The zero-order chi connectivity index (χ0) is 14.7. The van der Waals surface area contributed by atoms with Gasteiger partial charge in [0.2, 0.25) is 0 Å². The number of benzene rings is 1. The van der Waals surface area contributed by atoms with Crippen LogP contribution in [0.25, 0.3) is 0 Å². The lowest BCUT2D eigenvalue weighted by Crippen LogP contribution is -2.04. The van der Waals surface area contributed by atoms with Gasteiger partial charge in [-0.1, -0.05) is 39.1 Å². The molecule has 0 saturated carbocycles. The molecule has 0 saturated heterocycles. The molecular formula is C14H13BrCl2N2O. The van der Waals surface area contributed by atoms with E-state index in [1.54, 1.807) is 13.2 Å². The summed E-state index contributed by atoms with van der Waals surface area (Å²) >= 11 is 15.4. The summed E-state index contributed by atoms with van der Waals surface area (Å²) in [5.41, 5.74) is 2.74. The van der Waals surface area contributed by atoms with E-state index in [2.05, 4.69) is 26.2 Å². The van der Waals surface area contributed by atoms with Crippen molar-refractivity contribution in [2.45, 2.75) is 13.5 Å². The molecule has 3 nitrogen and oxygen atoms in total. The number of rotatable bonds is 4. The van der Waals surface area contributed by atoms with Gasteiger partial charge in [0.1, 0.15) is 10.9 Å². The Balaban J connectivity index is 2.23. The second-order valence-corrected chi connectivity index (χ2v) is 5.90. The van der Waals surface area contributed by atoms with Crippen molar-refractivity contribution in [3.63, 3.8) is 0 Å². The van der Waals surface area contributed by atoms with E-state index in [4.69, 9.17) is 27.9 Å². The van der Waals surface area contributed by atoms with Gasteiger partial charge in [-0.25, -0.2) is 4.98 Å². The summed E-state index contributed by atoms with van der Waals surface area (Å²) in [5, 5.41) is 4.02. The maximum atomic E-state index is 6.11. The molecular weight excluding hydrogens is 363 g/mol. The van der Waals surface area contributed by atoms with Crippen LogP contribution in [0.2, 0.25) is 10.3 Å². The zero-order valence-electron chi connectivity index (χ0n) is 11.0. The third-order valence-corrected chi connectivity index (χ3v) is 3.80. The zero-order valence-corrected chi connectivity index (χ0v) is 14.1. The minimum atomic E-state index is 0.365. The van der Waals surface area contributed by atoms with E-state index in [9.17, 15) is 0 Å². The lowest BCUT2D eigenvalue weighted by atomic mass is 10.2. The lowest BCUT2D eigenvalue weighted by molar-refractivity contribution is 0.410. The normalized spacial score (nSPS) is 10.4. The number of halogens is 3. The molecule has 0 bridgehead atoms. The first-order valence-electron chi connectivity index (χ1n) is 5.90. The third-order valence-electron chi connectivity index (χ3n) is 2.84. The minimum absolute atomic E-state index is 0.365. The van der Waals surface area contributed by atoms with Crippen molar-refractivity contribution >= 4 is 44.8 Å². The van der Waals surface area contributed by atoms with Crippen LogP contribution in [0, 0.1) is 6.92 Å². The SMILES string of the molecule is COc1ccc(Br)cc1CNc1c(C)cc(Cl)nc1Cl. The Hall–Kier alpha value is -0.970. The van der Waals surface area contributed by atoms with E-state index < -0.39 is 0 Å². The number of hydrogen-bond donors (Lipinski definition) is 1. The largest absolute Gasteiger partial charge is 0.496 e. The van der Waals surface area contributed by atoms with Crippen LogP contribution in [-0.2, 0) is 6.54 Å². The Kier molecular flexibility index (Phi) is 5.13. The average Bonchev–Trinajstić information content (AvgIpc) is 2.37. The number of anilines is 1. The number of ether oxygens (including phenoxy) is 1. The minimum Gasteiger partial charge on any atom is -0.496 e. The first kappa shape index (κ1) is 15.4. The van der Waals surface area contributed by atoms with Crippen LogP contribution < -0.4 is 10.1 Å². The average molecular weight is 376 g/mol. The Labute approximate surface area is 136 Å². The second kappa shape index (κ2) is 6.66. The molecule has 20 heavy (non-hydrogen) atoms. The number of aryl methyl sites for hydroxylation is 1. The molecule has 1 N–H and O–H groups in total. The Morgan fingerprint density at radius 2 is 2.05 bits per heavy atom. The number of nitrogens with one attached hydrogen (secondary N) is 1. The topological polar surface area (TPSA) is 34.1 Å². The number of methoxy groups -OCH3 is 1. The predicted octanol–water partition coefficient (Wildman–Crippen LogP) is 5.08. The van der Waals surface area contributed by atoms with Crippen LogP contribution in [0.1, 0.15) is 11.1 Å². The highest BCUT2D eigenvalue weighted by Gasteiger charge is 2.09. The van der Waals surface area contributed by atoms with E-state index in [0.29, 0.717) is 16.9 Å². The highest BCUT2D eigenvalue weighted by Crippen LogP contribution is 2.29. The van der Waals surface area contributed by atoms with Crippen LogP contribution >= 0.6 is 39.1 Å². The molecule has 2 rings (SSSR count). The maximum absolute atomic E-state index is 6.11. The fourth-order valence-electron chi connectivity index (χ4n) is 1.88. The molecule has 2 aromatic rings. The molecule has 1 heterocycles. The number of aromatic nitrogens is 1. The van der Waals surface area contributed by atoms with Crippen molar-refractivity contribution in [2.75, 3.05) is 12.4 Å². The summed E-state index contributed by atoms with van der Waals surface area (Å²) in [4.78, 5) is 4.03. The predicted molar refractivity (Wildman–Crippen MR) is 87.0 cm³/mol. The van der Waals surface area contributed by atoms with Gasteiger partial charge in [0.05, 0.1) is 12.8 Å². The molecule has 6 heteroatoms. The summed E-state index contributed by atoms with van der Waals surface area (Å²) < 4.78 is 6.33. The van der Waals surface area contributed by atoms with Crippen molar-refractivity contribution in [2.24, 2.45) is 0 Å². The summed E-state index contributed by atoms with van der Waals surface area (Å²) in [6, 6.07) is 7.62. The monoisotopic (exact) mass is 374 g/mol. The summed E-state index contributed by atoms with van der Waals surface area (Å²) in [6.45, 7) is 2.51. The van der Waals surface area contributed by atoms with Gasteiger partial charge < -0.3 is 10.1 Å². The van der Waals surface area contributed by atoms with Crippen molar-refractivity contribution in [1.82, 2.24) is 4.98 Å². The summed E-state index contributed by atoms with van der Waals surface area (Å²) in [5.74, 6) is 0.816. The van der Waals surface area contributed by atoms with Gasteiger partial charge in [-0.2, -0.15) is 0 Å². The fraction of sp³-hybridized carbons (Fsp3) is 0.214. The highest BCUT2D eigenvalue weighted by atomic mass is 79.9. The molecule has 0 aliphatic rings. The number of hydrogen-bond acceptors (Lipinski definition) is 3. The van der Waals surface area contributed by atoms with E-state index in [1.165, 1.54) is 0 Å². The van der Waals surface area contributed by atoms with Gasteiger partial charge in [-0.15, -0.1) is 0 Å². The first-order chi connectivity index (χ1) is 9.51. The molecule has 0 aliphatic heterocycles. The summed E-state index contributed by atoms with van der Waals surface area (Å²) in [7, 11) is 1.65. The van der Waals surface area contributed by atoms with Crippen LogP contribution in [0.15, 0.2) is 28.7 Å². The van der Waals surface area contributed by atoms with Crippen molar-refractivity contribution in [3.8, 4) is 5.75 Å². The van der Waals surface area contributed by atoms with Crippen LogP contribution in [0.5, 0.6) is 5.75 Å². The van der Waals surface area contributed by atoms with E-state index in [1.807, 2.05) is 25.1 Å². The van der Waals surface area contributed by atoms with Crippen LogP contribution in [-0.4, -0.2) is 12.1 Å². The van der Waals surface area contributed by atoms with Crippen molar-refractivity contribution in [1.29, 1.82) is 0 Å². The maximum Gasteiger partial charge on any atom is 0.154 e. The molecule has 0 spiro atoms. The van der Waals surface area contributed by atoms with E-state index >= 15 is 0 Å². The van der Waals surface area contributed by atoms with E-state index in [-0.39, 0.29) is 0 Å². The molecule has 0 amide bonds. The van der Waals surface area contributed by atoms with Crippen molar-refractivity contribution < 1.29 is 4.74 Å². The molecule has 0 fully saturated rings. The smallest absolute Gasteiger partial charge is 0.154 e. The molecule has 106 valence electrons. The number of pyridine rings is 1. The van der Waals surface area contributed by atoms with Gasteiger partial charge in [-0.3, -0.25) is 0 Å². The summed E-state index contributed by atoms with van der Waals surface area (Å²) in [6.07, 6.45) is 0. The fourth-order valence-corrected chi connectivity index (χ4v) is 2.88.